The molecule has 0 aliphatic carbocycles. The zero-order chi connectivity index (χ0) is 18.0. The normalized spacial score (nSPS) is 11.1. The maximum absolute atomic E-state index is 10.7. The van der Waals surface area contributed by atoms with Gasteiger partial charge in [0.2, 0.25) is 0 Å². The number of hydrogen-bond donors (Lipinski definition) is 1. The van der Waals surface area contributed by atoms with Gasteiger partial charge in [0.25, 0.3) is 5.69 Å². The van der Waals surface area contributed by atoms with E-state index in [0.717, 1.165) is 17.1 Å². The first-order chi connectivity index (χ1) is 12.0. The minimum atomic E-state index is -0.474. The smallest absolute Gasteiger partial charge is 0.269 e. The minimum absolute atomic E-state index is 0.0110. The zero-order valence-corrected chi connectivity index (χ0v) is 13.7. The van der Waals surface area contributed by atoms with E-state index >= 15 is 0 Å². The molecule has 0 spiro atoms. The Morgan fingerprint density at radius 2 is 1.60 bits per heavy atom. The highest BCUT2D eigenvalue weighted by Gasteiger charge is 2.08. The van der Waals surface area contributed by atoms with Crippen molar-refractivity contribution in [2.45, 2.75) is 13.8 Å². The third-order valence-corrected chi connectivity index (χ3v) is 3.82. The predicted octanol–water partition coefficient (Wildman–Crippen LogP) is 5.12. The zero-order valence-electron chi connectivity index (χ0n) is 13.7. The molecule has 0 radical (unpaired) electrons. The third-order valence-electron chi connectivity index (χ3n) is 3.82. The first-order valence-electron chi connectivity index (χ1n) is 7.60. The van der Waals surface area contributed by atoms with Crippen molar-refractivity contribution in [1.82, 2.24) is 4.57 Å². The van der Waals surface area contributed by atoms with Gasteiger partial charge in [0.05, 0.1) is 10.6 Å². The highest BCUT2D eigenvalue weighted by Crippen LogP contribution is 2.31. The number of azo groups is 1. The van der Waals surface area contributed by atoms with Gasteiger partial charge in [-0.25, -0.2) is 0 Å². The molecule has 0 fully saturated rings. The summed E-state index contributed by atoms with van der Waals surface area (Å²) in [7, 11) is 0. The Balaban J connectivity index is 1.92. The average Bonchev–Trinajstić information content (AvgIpc) is 2.93. The largest absolute Gasteiger partial charge is 0.506 e. The number of nitro groups is 1. The summed E-state index contributed by atoms with van der Waals surface area (Å²) in [6, 6.07) is 14.9. The second-order valence-corrected chi connectivity index (χ2v) is 5.60. The Bertz CT molecular complexity index is 939. The average molecular weight is 336 g/mol. The Morgan fingerprint density at radius 3 is 2.20 bits per heavy atom. The van der Waals surface area contributed by atoms with Gasteiger partial charge in [-0.2, -0.15) is 5.11 Å². The van der Waals surface area contributed by atoms with Gasteiger partial charge in [-0.3, -0.25) is 10.1 Å². The molecule has 0 saturated carbocycles. The fraction of sp³-hybridized carbons (Fsp3) is 0.111. The van der Waals surface area contributed by atoms with Gasteiger partial charge >= 0.3 is 0 Å². The van der Waals surface area contributed by atoms with Crippen LogP contribution in [0.1, 0.15) is 11.4 Å². The second-order valence-electron chi connectivity index (χ2n) is 5.60. The molecule has 25 heavy (non-hydrogen) atoms. The van der Waals surface area contributed by atoms with E-state index in [1.807, 2.05) is 30.5 Å². The van der Waals surface area contributed by atoms with E-state index in [4.69, 9.17) is 0 Å². The summed E-state index contributed by atoms with van der Waals surface area (Å²) < 4.78 is 2.05. The Kier molecular flexibility index (Phi) is 4.30. The minimum Gasteiger partial charge on any atom is -0.506 e. The van der Waals surface area contributed by atoms with E-state index in [1.165, 1.54) is 24.3 Å². The topological polar surface area (TPSA) is 93.0 Å². The summed E-state index contributed by atoms with van der Waals surface area (Å²) in [5, 5.41) is 28.8. The monoisotopic (exact) mass is 336 g/mol. The number of hydrogen-bond acceptors (Lipinski definition) is 5. The van der Waals surface area contributed by atoms with Gasteiger partial charge in [0.15, 0.2) is 0 Å². The van der Waals surface area contributed by atoms with Crippen molar-refractivity contribution in [3.8, 4) is 11.4 Å². The molecule has 0 atom stereocenters. The van der Waals surface area contributed by atoms with Gasteiger partial charge in [0.1, 0.15) is 11.4 Å². The Labute approximate surface area is 144 Å². The molecule has 7 nitrogen and oxygen atoms in total. The molecule has 3 aromatic rings. The molecular formula is C18H16N4O3. The standard InChI is InChI=1S/C18H16N4O3/c1-12-3-4-13(2)21(12)16-9-10-18(23)17(11-16)20-19-14-5-7-15(8-6-14)22(24)25/h3-11,23H,1-2H3. The quantitative estimate of drug-likeness (QED) is 0.407. The number of nitro benzene ring substituents is 1. The predicted molar refractivity (Wildman–Crippen MR) is 94.2 cm³/mol. The lowest BCUT2D eigenvalue weighted by molar-refractivity contribution is -0.384. The number of rotatable bonds is 4. The van der Waals surface area contributed by atoms with E-state index in [2.05, 4.69) is 10.2 Å². The maximum atomic E-state index is 10.7. The van der Waals surface area contributed by atoms with Crippen LogP contribution in [0, 0.1) is 24.0 Å². The molecule has 2 aromatic carbocycles. The highest BCUT2D eigenvalue weighted by atomic mass is 16.6. The van der Waals surface area contributed by atoms with E-state index in [0.29, 0.717) is 11.4 Å². The highest BCUT2D eigenvalue weighted by molar-refractivity contribution is 5.58. The van der Waals surface area contributed by atoms with Crippen LogP contribution < -0.4 is 0 Å². The maximum Gasteiger partial charge on any atom is 0.269 e. The summed E-state index contributed by atoms with van der Waals surface area (Å²) >= 11 is 0. The molecule has 0 aliphatic heterocycles. The van der Waals surface area contributed by atoms with Crippen LogP contribution in [0.4, 0.5) is 17.1 Å². The van der Waals surface area contributed by atoms with Gasteiger partial charge in [-0.15, -0.1) is 5.11 Å². The summed E-state index contributed by atoms with van der Waals surface area (Å²) in [5.74, 6) is 0.0110. The van der Waals surface area contributed by atoms with Crippen LogP contribution in [0.25, 0.3) is 5.69 Å². The van der Waals surface area contributed by atoms with Crippen LogP contribution in [-0.4, -0.2) is 14.6 Å². The molecule has 3 rings (SSSR count). The van der Waals surface area contributed by atoms with E-state index in [1.54, 1.807) is 18.2 Å². The lowest BCUT2D eigenvalue weighted by Crippen LogP contribution is -1.97. The van der Waals surface area contributed by atoms with Gasteiger partial charge in [-0.05, 0) is 56.3 Å². The van der Waals surface area contributed by atoms with Crippen LogP contribution in [0.15, 0.2) is 64.8 Å². The van der Waals surface area contributed by atoms with E-state index in [9.17, 15) is 15.2 Å². The second kappa shape index (κ2) is 6.56. The molecular weight excluding hydrogens is 320 g/mol. The van der Waals surface area contributed by atoms with Crippen molar-refractivity contribution in [2.24, 2.45) is 10.2 Å². The lowest BCUT2D eigenvalue weighted by atomic mass is 10.2. The Hall–Kier alpha value is -3.48. The Morgan fingerprint density at radius 1 is 0.960 bits per heavy atom. The van der Waals surface area contributed by atoms with Crippen molar-refractivity contribution in [3.05, 3.63) is 76.1 Å². The molecule has 0 saturated heterocycles. The van der Waals surface area contributed by atoms with Crippen molar-refractivity contribution in [3.63, 3.8) is 0 Å². The molecule has 1 N–H and O–H groups in total. The van der Waals surface area contributed by atoms with Crippen molar-refractivity contribution < 1.29 is 10.0 Å². The molecule has 0 amide bonds. The summed E-state index contributed by atoms with van der Waals surface area (Å²) in [6.45, 7) is 4.00. The number of non-ortho nitro benzene ring substituents is 1. The number of phenols is 1. The number of benzene rings is 2. The number of nitrogens with zero attached hydrogens (tertiary/aromatic N) is 4. The van der Waals surface area contributed by atoms with Crippen molar-refractivity contribution in [2.75, 3.05) is 0 Å². The fourth-order valence-corrected chi connectivity index (χ4v) is 2.56. The lowest BCUT2D eigenvalue weighted by Gasteiger charge is -2.10. The third kappa shape index (κ3) is 3.40. The number of aromatic nitrogens is 1. The fourth-order valence-electron chi connectivity index (χ4n) is 2.56. The SMILES string of the molecule is Cc1ccc(C)n1-c1ccc(O)c(N=Nc2ccc([N+](=O)[O-])cc2)c1. The molecule has 1 heterocycles. The van der Waals surface area contributed by atoms with Crippen LogP contribution >= 0.6 is 0 Å². The van der Waals surface area contributed by atoms with E-state index < -0.39 is 4.92 Å². The van der Waals surface area contributed by atoms with Gasteiger partial charge < -0.3 is 9.67 Å². The van der Waals surface area contributed by atoms with Gasteiger partial charge in [-0.1, -0.05) is 0 Å². The number of aromatic hydroxyl groups is 1. The van der Waals surface area contributed by atoms with Crippen molar-refractivity contribution in [1.29, 1.82) is 0 Å². The molecule has 1 aromatic heterocycles. The molecule has 0 unspecified atom stereocenters. The first-order valence-corrected chi connectivity index (χ1v) is 7.60. The van der Waals surface area contributed by atoms with Crippen LogP contribution in [0.3, 0.4) is 0 Å². The number of aryl methyl sites for hydroxylation is 2. The molecule has 0 aliphatic rings. The van der Waals surface area contributed by atoms with Gasteiger partial charge in [0, 0.05) is 29.2 Å². The molecule has 7 heteroatoms. The van der Waals surface area contributed by atoms with Crippen LogP contribution in [0.2, 0.25) is 0 Å². The van der Waals surface area contributed by atoms with E-state index in [-0.39, 0.29) is 11.4 Å². The van der Waals surface area contributed by atoms with Crippen LogP contribution in [-0.2, 0) is 0 Å². The van der Waals surface area contributed by atoms with Crippen molar-refractivity contribution >= 4 is 17.1 Å². The summed E-state index contributed by atoms with van der Waals surface area (Å²) in [6.07, 6.45) is 0. The summed E-state index contributed by atoms with van der Waals surface area (Å²) in [5.41, 5.74) is 3.78. The molecule has 126 valence electrons. The summed E-state index contributed by atoms with van der Waals surface area (Å²) in [4.78, 5) is 10.2. The van der Waals surface area contributed by atoms with Crippen LogP contribution in [0.5, 0.6) is 5.75 Å². The molecule has 0 bridgehead atoms. The number of phenolic OH excluding ortho intramolecular Hbond substituents is 1. The first kappa shape index (κ1) is 16.4.